The molecule has 2 rings (SSSR count). The third kappa shape index (κ3) is 2.48. The largest absolute Gasteiger partial charge is 0.353 e. The van der Waals surface area contributed by atoms with Gasteiger partial charge in [-0.3, -0.25) is 4.79 Å². The van der Waals surface area contributed by atoms with Crippen molar-refractivity contribution in [2.24, 2.45) is 0 Å². The van der Waals surface area contributed by atoms with E-state index in [1.165, 1.54) is 19.1 Å². The number of halogens is 1. The van der Waals surface area contributed by atoms with Crippen LogP contribution < -0.4 is 5.32 Å². The first-order chi connectivity index (χ1) is 8.84. The highest BCUT2D eigenvalue weighted by molar-refractivity contribution is 7.89. The lowest BCUT2D eigenvalue weighted by Gasteiger charge is -2.32. The number of benzene rings is 1. The third-order valence-corrected chi connectivity index (χ3v) is 5.29. The Kier molecular flexibility index (Phi) is 3.60. The third-order valence-electron chi connectivity index (χ3n) is 3.18. The number of carbonyl (C=O) groups is 1. The molecule has 0 bridgehead atoms. The summed E-state index contributed by atoms with van der Waals surface area (Å²) in [6, 6.07) is 2.82. The molecule has 1 aromatic rings. The van der Waals surface area contributed by atoms with E-state index in [0.717, 1.165) is 10.4 Å². The molecule has 1 saturated heterocycles. The van der Waals surface area contributed by atoms with E-state index in [4.69, 9.17) is 0 Å². The molecule has 1 aliphatic heterocycles. The first-order valence-electron chi connectivity index (χ1n) is 5.90. The molecule has 1 unspecified atom stereocenters. The zero-order chi connectivity index (χ0) is 14.2. The fourth-order valence-electron chi connectivity index (χ4n) is 2.07. The Hall–Kier alpha value is -1.47. The van der Waals surface area contributed by atoms with E-state index in [1.54, 1.807) is 6.92 Å². The van der Waals surface area contributed by atoms with Gasteiger partial charge in [-0.15, -0.1) is 0 Å². The molecule has 1 heterocycles. The van der Waals surface area contributed by atoms with Gasteiger partial charge < -0.3 is 5.32 Å². The predicted molar refractivity (Wildman–Crippen MR) is 67.5 cm³/mol. The summed E-state index contributed by atoms with van der Waals surface area (Å²) in [5.74, 6) is -0.956. The molecule has 7 heteroatoms. The van der Waals surface area contributed by atoms with Crippen LogP contribution in [0.3, 0.4) is 0 Å². The summed E-state index contributed by atoms with van der Waals surface area (Å²) < 4.78 is 39.4. The summed E-state index contributed by atoms with van der Waals surface area (Å²) in [7, 11) is -3.86. The summed E-state index contributed by atoms with van der Waals surface area (Å²) in [5.41, 5.74) is 0.458. The quantitative estimate of drug-likeness (QED) is 0.868. The van der Waals surface area contributed by atoms with Gasteiger partial charge in [0.15, 0.2) is 0 Å². The van der Waals surface area contributed by atoms with Crippen molar-refractivity contribution in [3.63, 3.8) is 0 Å². The van der Waals surface area contributed by atoms with Crippen molar-refractivity contribution in [1.29, 1.82) is 0 Å². The monoisotopic (exact) mass is 286 g/mol. The number of nitrogens with zero attached hydrogens (tertiary/aromatic N) is 1. The number of piperazine rings is 1. The molecular formula is C12H15FN2O3S. The Morgan fingerprint density at radius 1 is 1.42 bits per heavy atom. The van der Waals surface area contributed by atoms with Gasteiger partial charge in [-0.05, 0) is 31.5 Å². The van der Waals surface area contributed by atoms with E-state index in [9.17, 15) is 17.6 Å². The van der Waals surface area contributed by atoms with E-state index < -0.39 is 21.9 Å². The molecule has 5 nitrogen and oxygen atoms in total. The second-order valence-corrected chi connectivity index (χ2v) is 6.35. The number of aryl methyl sites for hydroxylation is 1. The minimum Gasteiger partial charge on any atom is -0.353 e. The minimum atomic E-state index is -3.86. The summed E-state index contributed by atoms with van der Waals surface area (Å²) in [5, 5.41) is 2.59. The van der Waals surface area contributed by atoms with Crippen molar-refractivity contribution in [2.75, 3.05) is 13.1 Å². The zero-order valence-corrected chi connectivity index (χ0v) is 11.5. The topological polar surface area (TPSA) is 66.5 Å². The number of carbonyl (C=O) groups excluding carboxylic acids is 1. The highest BCUT2D eigenvalue weighted by Gasteiger charge is 2.36. The summed E-state index contributed by atoms with van der Waals surface area (Å²) >= 11 is 0. The lowest BCUT2D eigenvalue weighted by atomic mass is 10.2. The lowest BCUT2D eigenvalue weighted by Crippen LogP contribution is -2.55. The molecule has 1 amide bonds. The molecule has 1 N–H and O–H groups in total. The van der Waals surface area contributed by atoms with Crippen LogP contribution in [0.15, 0.2) is 23.1 Å². The van der Waals surface area contributed by atoms with Crippen molar-refractivity contribution in [3.8, 4) is 0 Å². The van der Waals surface area contributed by atoms with Crippen molar-refractivity contribution in [1.82, 2.24) is 9.62 Å². The van der Waals surface area contributed by atoms with Crippen LogP contribution in [0.4, 0.5) is 4.39 Å². The molecule has 1 aliphatic rings. The van der Waals surface area contributed by atoms with Crippen LogP contribution in [0.1, 0.15) is 12.5 Å². The molecule has 0 aliphatic carbocycles. The molecular weight excluding hydrogens is 271 g/mol. The highest BCUT2D eigenvalue weighted by atomic mass is 32.2. The molecule has 104 valence electrons. The average Bonchev–Trinajstić information content (AvgIpc) is 2.35. The van der Waals surface area contributed by atoms with Crippen LogP contribution in [0.2, 0.25) is 0 Å². The number of hydrogen-bond acceptors (Lipinski definition) is 3. The lowest BCUT2D eigenvalue weighted by molar-refractivity contribution is -0.126. The van der Waals surface area contributed by atoms with Crippen LogP contribution in [0, 0.1) is 12.7 Å². The SMILES string of the molecule is Cc1ccc(F)cc1S(=O)(=O)N1CCNC(=O)C1C. The highest BCUT2D eigenvalue weighted by Crippen LogP contribution is 2.23. The van der Waals surface area contributed by atoms with Crippen LogP contribution >= 0.6 is 0 Å². The number of hydrogen-bond donors (Lipinski definition) is 1. The summed E-state index contributed by atoms with van der Waals surface area (Å²) in [4.78, 5) is 11.5. The molecule has 0 spiro atoms. The van der Waals surface area contributed by atoms with E-state index in [2.05, 4.69) is 5.32 Å². The van der Waals surface area contributed by atoms with Crippen LogP contribution in [0.5, 0.6) is 0 Å². The Morgan fingerprint density at radius 2 is 2.11 bits per heavy atom. The van der Waals surface area contributed by atoms with E-state index in [1.807, 2.05) is 0 Å². The Labute approximate surface area is 111 Å². The maximum atomic E-state index is 13.3. The molecule has 19 heavy (non-hydrogen) atoms. The minimum absolute atomic E-state index is 0.0888. The van der Waals surface area contributed by atoms with Gasteiger partial charge in [-0.2, -0.15) is 4.31 Å². The van der Waals surface area contributed by atoms with E-state index in [0.29, 0.717) is 5.56 Å². The summed E-state index contributed by atoms with van der Waals surface area (Å²) in [6.07, 6.45) is 0. The van der Waals surface area contributed by atoms with E-state index >= 15 is 0 Å². The van der Waals surface area contributed by atoms with Crippen molar-refractivity contribution in [2.45, 2.75) is 24.8 Å². The molecule has 0 aromatic heterocycles. The van der Waals surface area contributed by atoms with Gasteiger partial charge in [0.25, 0.3) is 0 Å². The maximum Gasteiger partial charge on any atom is 0.244 e. The molecule has 1 fully saturated rings. The second-order valence-electron chi connectivity index (χ2n) is 4.49. The second kappa shape index (κ2) is 4.90. The van der Waals surface area contributed by atoms with Gasteiger partial charge in [-0.1, -0.05) is 6.07 Å². The van der Waals surface area contributed by atoms with Crippen LogP contribution in [0.25, 0.3) is 0 Å². The number of nitrogens with one attached hydrogen (secondary N) is 1. The number of rotatable bonds is 2. The average molecular weight is 286 g/mol. The van der Waals surface area contributed by atoms with Gasteiger partial charge in [-0.25, -0.2) is 12.8 Å². The smallest absolute Gasteiger partial charge is 0.244 e. The van der Waals surface area contributed by atoms with Gasteiger partial charge in [0.05, 0.1) is 4.90 Å². The Balaban J connectivity index is 2.47. The van der Waals surface area contributed by atoms with Gasteiger partial charge in [0, 0.05) is 13.1 Å². The van der Waals surface area contributed by atoms with Gasteiger partial charge in [0.2, 0.25) is 15.9 Å². The first kappa shape index (κ1) is 14.0. The predicted octanol–water partition coefficient (Wildman–Crippen LogP) is 0.643. The van der Waals surface area contributed by atoms with Crippen LogP contribution in [-0.4, -0.2) is 37.8 Å². The van der Waals surface area contributed by atoms with Crippen molar-refractivity contribution < 1.29 is 17.6 Å². The molecule has 1 atom stereocenters. The van der Waals surface area contributed by atoms with E-state index in [-0.39, 0.29) is 23.9 Å². The Bertz CT molecular complexity index is 615. The summed E-state index contributed by atoms with van der Waals surface area (Å²) in [6.45, 7) is 3.56. The van der Waals surface area contributed by atoms with Gasteiger partial charge >= 0.3 is 0 Å². The van der Waals surface area contributed by atoms with Gasteiger partial charge in [0.1, 0.15) is 11.9 Å². The fourth-order valence-corrected chi connectivity index (χ4v) is 3.90. The van der Waals surface area contributed by atoms with Crippen molar-refractivity contribution in [3.05, 3.63) is 29.6 Å². The fraction of sp³-hybridized carbons (Fsp3) is 0.417. The number of sulfonamides is 1. The Morgan fingerprint density at radius 3 is 2.79 bits per heavy atom. The normalized spacial score (nSPS) is 21.2. The first-order valence-corrected chi connectivity index (χ1v) is 7.34. The molecule has 1 aromatic carbocycles. The number of amides is 1. The van der Waals surface area contributed by atoms with Crippen LogP contribution in [-0.2, 0) is 14.8 Å². The molecule has 0 saturated carbocycles. The zero-order valence-electron chi connectivity index (χ0n) is 10.7. The standard InChI is InChI=1S/C12H15FN2O3S/c1-8-3-4-10(13)7-11(8)19(17,18)15-6-5-14-12(16)9(15)2/h3-4,7,9H,5-6H2,1-2H3,(H,14,16). The maximum absolute atomic E-state index is 13.3. The molecule has 0 radical (unpaired) electrons. The van der Waals surface area contributed by atoms with Crippen molar-refractivity contribution >= 4 is 15.9 Å².